The number of halogens is 2. The highest BCUT2D eigenvalue weighted by atomic mass is 35.5. The van der Waals surface area contributed by atoms with Crippen LogP contribution in [0.2, 0.25) is 5.02 Å². The number of aliphatic hydroxyl groups excluding tert-OH is 1. The van der Waals surface area contributed by atoms with Crippen molar-refractivity contribution in [2.24, 2.45) is 0 Å². The van der Waals surface area contributed by atoms with Gasteiger partial charge in [-0.2, -0.15) is 0 Å². The van der Waals surface area contributed by atoms with Crippen LogP contribution in [0, 0.1) is 5.82 Å². The Labute approximate surface area is 137 Å². The molecule has 120 valence electrons. The highest BCUT2D eigenvalue weighted by Gasteiger charge is 2.15. The number of hydrogen-bond acceptors (Lipinski definition) is 3. The molecule has 0 radical (unpaired) electrons. The molecule has 0 fully saturated rings. The monoisotopic (exact) mass is 336 g/mol. The second-order valence-corrected chi connectivity index (χ2v) is 5.09. The number of carbonyl (C=O) groups is 2. The summed E-state index contributed by atoms with van der Waals surface area (Å²) in [4.78, 5) is 23.6. The van der Waals surface area contributed by atoms with Gasteiger partial charge in [0.2, 0.25) is 0 Å². The number of amides is 2. The predicted octanol–water partition coefficient (Wildman–Crippen LogP) is 2.23. The topological polar surface area (TPSA) is 78.4 Å². The molecule has 3 N–H and O–H groups in total. The second kappa shape index (κ2) is 7.71. The zero-order chi connectivity index (χ0) is 16.8. The summed E-state index contributed by atoms with van der Waals surface area (Å²) in [6, 6.07) is 10.4. The Morgan fingerprint density at radius 3 is 2.48 bits per heavy atom. The van der Waals surface area contributed by atoms with Gasteiger partial charge in [-0.15, -0.1) is 0 Å². The molecular formula is C16H14ClFN2O3. The molecule has 0 aliphatic carbocycles. The molecule has 0 unspecified atom stereocenters. The van der Waals surface area contributed by atoms with Gasteiger partial charge in [0.15, 0.2) is 0 Å². The molecule has 0 aliphatic heterocycles. The average Bonchev–Trinajstić information content (AvgIpc) is 2.56. The fraction of sp³-hybridized carbons (Fsp3) is 0.125. The van der Waals surface area contributed by atoms with Crippen molar-refractivity contribution in [1.29, 1.82) is 0 Å². The lowest BCUT2D eigenvalue weighted by molar-refractivity contribution is -0.136. The maximum absolute atomic E-state index is 13.1. The summed E-state index contributed by atoms with van der Waals surface area (Å²) in [7, 11) is 0. The van der Waals surface area contributed by atoms with Crippen molar-refractivity contribution < 1.29 is 19.1 Å². The van der Waals surface area contributed by atoms with E-state index < -0.39 is 17.6 Å². The van der Waals surface area contributed by atoms with E-state index in [1.165, 1.54) is 6.07 Å². The lowest BCUT2D eigenvalue weighted by Crippen LogP contribution is -2.35. The number of carbonyl (C=O) groups excluding carboxylic acids is 2. The molecule has 5 nitrogen and oxygen atoms in total. The van der Waals surface area contributed by atoms with Crippen molar-refractivity contribution in [3.05, 3.63) is 64.4 Å². The van der Waals surface area contributed by atoms with Crippen LogP contribution in [0.25, 0.3) is 0 Å². The van der Waals surface area contributed by atoms with E-state index in [4.69, 9.17) is 11.6 Å². The Bertz CT molecular complexity index is 737. The van der Waals surface area contributed by atoms with Crippen LogP contribution in [0.1, 0.15) is 11.1 Å². The lowest BCUT2D eigenvalue weighted by atomic mass is 10.1. The molecule has 2 aromatic rings. The molecule has 7 heteroatoms. The van der Waals surface area contributed by atoms with Crippen LogP contribution in [0.5, 0.6) is 0 Å². The van der Waals surface area contributed by atoms with Crippen LogP contribution in [0.3, 0.4) is 0 Å². The number of anilines is 1. The van der Waals surface area contributed by atoms with Crippen LogP contribution in [-0.4, -0.2) is 16.9 Å². The Hall–Kier alpha value is -2.44. The maximum Gasteiger partial charge on any atom is 0.313 e. The predicted molar refractivity (Wildman–Crippen MR) is 84.3 cm³/mol. The van der Waals surface area contributed by atoms with Gasteiger partial charge in [-0.3, -0.25) is 9.59 Å². The summed E-state index contributed by atoms with van der Waals surface area (Å²) in [6.07, 6.45) is 0. The molecule has 0 aromatic heterocycles. The maximum atomic E-state index is 13.1. The van der Waals surface area contributed by atoms with Crippen molar-refractivity contribution in [2.45, 2.75) is 13.2 Å². The highest BCUT2D eigenvalue weighted by Crippen LogP contribution is 2.22. The summed E-state index contributed by atoms with van der Waals surface area (Å²) in [5, 5.41) is 14.0. The number of benzene rings is 2. The van der Waals surface area contributed by atoms with Gasteiger partial charge in [0.05, 0.1) is 17.3 Å². The molecule has 0 saturated heterocycles. The minimum absolute atomic E-state index is 0.0163. The Morgan fingerprint density at radius 1 is 1.09 bits per heavy atom. The van der Waals surface area contributed by atoms with Crippen molar-refractivity contribution in [2.75, 3.05) is 5.32 Å². The van der Waals surface area contributed by atoms with Gasteiger partial charge in [0, 0.05) is 6.54 Å². The van der Waals surface area contributed by atoms with E-state index in [1.807, 2.05) is 0 Å². The molecule has 0 heterocycles. The van der Waals surface area contributed by atoms with Gasteiger partial charge in [-0.1, -0.05) is 35.9 Å². The number of rotatable bonds is 4. The van der Waals surface area contributed by atoms with Crippen molar-refractivity contribution in [3.63, 3.8) is 0 Å². The summed E-state index contributed by atoms with van der Waals surface area (Å²) >= 11 is 5.82. The Morgan fingerprint density at radius 2 is 1.78 bits per heavy atom. The van der Waals surface area contributed by atoms with Crippen LogP contribution >= 0.6 is 11.6 Å². The molecule has 2 amide bonds. The van der Waals surface area contributed by atoms with E-state index in [0.29, 0.717) is 11.1 Å². The van der Waals surface area contributed by atoms with Crippen LogP contribution < -0.4 is 10.6 Å². The van der Waals surface area contributed by atoms with Crippen LogP contribution in [-0.2, 0) is 22.7 Å². The van der Waals surface area contributed by atoms with E-state index in [1.54, 1.807) is 24.3 Å². The Balaban J connectivity index is 1.98. The van der Waals surface area contributed by atoms with Gasteiger partial charge in [-0.05, 0) is 29.3 Å². The number of nitrogens with one attached hydrogen (secondary N) is 2. The van der Waals surface area contributed by atoms with Gasteiger partial charge in [0.1, 0.15) is 5.82 Å². The normalized spacial score (nSPS) is 10.2. The smallest absolute Gasteiger partial charge is 0.313 e. The standard InChI is InChI=1S/C16H14ClFN2O3/c17-13-6-5-12(18)7-14(13)20-16(23)15(22)19-8-10-3-1-2-4-11(10)9-21/h1-7,21H,8-9H2,(H,19,22)(H,20,23). The third kappa shape index (κ3) is 4.51. The van der Waals surface area contributed by atoms with Gasteiger partial charge >= 0.3 is 11.8 Å². The average molecular weight is 337 g/mol. The highest BCUT2D eigenvalue weighted by molar-refractivity contribution is 6.41. The minimum Gasteiger partial charge on any atom is -0.392 e. The minimum atomic E-state index is -0.959. The number of hydrogen-bond donors (Lipinski definition) is 3. The van der Waals surface area contributed by atoms with Gasteiger partial charge in [0.25, 0.3) is 0 Å². The largest absolute Gasteiger partial charge is 0.392 e. The lowest BCUT2D eigenvalue weighted by Gasteiger charge is -2.10. The number of aliphatic hydroxyl groups is 1. The zero-order valence-electron chi connectivity index (χ0n) is 12.0. The van der Waals surface area contributed by atoms with Crippen LogP contribution in [0.4, 0.5) is 10.1 Å². The third-order valence-electron chi connectivity index (χ3n) is 3.11. The van der Waals surface area contributed by atoms with Crippen molar-refractivity contribution in [1.82, 2.24) is 5.32 Å². The van der Waals surface area contributed by atoms with Gasteiger partial charge in [-0.25, -0.2) is 4.39 Å². The summed E-state index contributed by atoms with van der Waals surface area (Å²) < 4.78 is 13.1. The van der Waals surface area contributed by atoms with E-state index in [-0.39, 0.29) is 23.9 Å². The summed E-state index contributed by atoms with van der Waals surface area (Å²) in [5.74, 6) is -2.43. The summed E-state index contributed by atoms with van der Waals surface area (Å²) in [5.41, 5.74) is 1.36. The summed E-state index contributed by atoms with van der Waals surface area (Å²) in [6.45, 7) is -0.0863. The first-order valence-corrected chi connectivity index (χ1v) is 7.11. The van der Waals surface area contributed by atoms with E-state index in [2.05, 4.69) is 10.6 Å². The second-order valence-electron chi connectivity index (χ2n) is 4.69. The molecule has 0 aliphatic rings. The molecule has 0 saturated carbocycles. The van der Waals surface area contributed by atoms with Crippen LogP contribution in [0.15, 0.2) is 42.5 Å². The molecule has 0 spiro atoms. The fourth-order valence-corrected chi connectivity index (χ4v) is 2.08. The van der Waals surface area contributed by atoms with E-state index >= 15 is 0 Å². The first-order valence-electron chi connectivity index (χ1n) is 6.73. The first-order chi connectivity index (χ1) is 11.0. The van der Waals surface area contributed by atoms with Crippen molar-refractivity contribution >= 4 is 29.1 Å². The molecule has 2 aromatic carbocycles. The SMILES string of the molecule is O=C(NCc1ccccc1CO)C(=O)Nc1cc(F)ccc1Cl. The quantitative estimate of drug-likeness (QED) is 0.749. The van der Waals surface area contributed by atoms with E-state index in [0.717, 1.165) is 12.1 Å². The fourth-order valence-electron chi connectivity index (χ4n) is 1.91. The molecule has 0 atom stereocenters. The first kappa shape index (κ1) is 16.9. The van der Waals surface area contributed by atoms with E-state index in [9.17, 15) is 19.1 Å². The molecule has 0 bridgehead atoms. The third-order valence-corrected chi connectivity index (χ3v) is 3.44. The van der Waals surface area contributed by atoms with Gasteiger partial charge < -0.3 is 15.7 Å². The zero-order valence-corrected chi connectivity index (χ0v) is 12.7. The Kier molecular flexibility index (Phi) is 5.67. The molecule has 23 heavy (non-hydrogen) atoms. The molecule has 2 rings (SSSR count). The molecular weight excluding hydrogens is 323 g/mol. The van der Waals surface area contributed by atoms with Crippen molar-refractivity contribution in [3.8, 4) is 0 Å².